The smallest absolute Gasteiger partial charge is 0.396 e. The molecule has 0 amide bonds. The highest BCUT2D eigenvalue weighted by Crippen LogP contribution is 2.36. The first kappa shape index (κ1) is 15.5. The maximum Gasteiger partial charge on any atom is 0.396 e. The molecule has 0 saturated heterocycles. The summed E-state index contributed by atoms with van der Waals surface area (Å²) in [5, 5.41) is 20.5. The molecule has 7 nitrogen and oxygen atoms in total. The van der Waals surface area contributed by atoms with E-state index in [4.69, 9.17) is 5.11 Å². The van der Waals surface area contributed by atoms with E-state index < -0.39 is 10.9 Å². The number of carbonyl (C=O) groups is 1. The molecule has 0 unspecified atom stereocenters. The van der Waals surface area contributed by atoms with Gasteiger partial charge in [0, 0.05) is 23.3 Å². The van der Waals surface area contributed by atoms with Crippen LogP contribution in [0.25, 0.3) is 0 Å². The Hall–Kier alpha value is -1.87. The van der Waals surface area contributed by atoms with E-state index in [0.717, 1.165) is 11.8 Å². The van der Waals surface area contributed by atoms with Crippen molar-refractivity contribution < 1.29 is 14.8 Å². The van der Waals surface area contributed by atoms with Gasteiger partial charge in [-0.25, -0.2) is 4.79 Å². The molecule has 1 aromatic heterocycles. The highest BCUT2D eigenvalue weighted by atomic mass is 79.9. The van der Waals surface area contributed by atoms with Crippen LogP contribution in [0, 0.1) is 17.0 Å². The van der Waals surface area contributed by atoms with Crippen molar-refractivity contribution in [3.8, 4) is 0 Å². The summed E-state index contributed by atoms with van der Waals surface area (Å²) in [4.78, 5) is 26.1. The van der Waals surface area contributed by atoms with Gasteiger partial charge >= 0.3 is 11.8 Å². The number of rotatable bonds is 4. The summed E-state index contributed by atoms with van der Waals surface area (Å²) in [6, 6.07) is 4.75. The summed E-state index contributed by atoms with van der Waals surface area (Å²) in [7, 11) is 1.68. The topological polar surface area (TPSA) is 98.3 Å². The third-order valence-corrected chi connectivity index (χ3v) is 4.64. The van der Waals surface area contributed by atoms with Crippen molar-refractivity contribution in [1.82, 2.24) is 9.55 Å². The van der Waals surface area contributed by atoms with Crippen LogP contribution in [-0.4, -0.2) is 25.6 Å². The molecular weight excluding hydrogens is 362 g/mol. The number of imidazole rings is 1. The lowest BCUT2D eigenvalue weighted by Gasteiger charge is -2.05. The number of hydrogen-bond acceptors (Lipinski definition) is 5. The largest absolute Gasteiger partial charge is 0.478 e. The van der Waals surface area contributed by atoms with E-state index in [0.29, 0.717) is 20.2 Å². The zero-order valence-electron chi connectivity index (χ0n) is 11.0. The Morgan fingerprint density at radius 1 is 1.52 bits per heavy atom. The lowest BCUT2D eigenvalue weighted by atomic mass is 10.2. The standard InChI is InChI=1S/C12H10BrN3O4S/c1-6-14-10(16(19)20)11(15(6)2)21-7-3-4-9(13)8(5-7)12(17)18/h3-5H,1-2H3,(H,17,18). The summed E-state index contributed by atoms with van der Waals surface area (Å²) >= 11 is 4.26. The van der Waals surface area contributed by atoms with Gasteiger partial charge in [-0.1, -0.05) is 11.8 Å². The molecule has 0 fully saturated rings. The molecule has 0 radical (unpaired) electrons. The highest BCUT2D eigenvalue weighted by molar-refractivity contribution is 9.10. The first-order valence-electron chi connectivity index (χ1n) is 5.69. The molecule has 0 bridgehead atoms. The van der Waals surface area contributed by atoms with Gasteiger partial charge in [0.05, 0.1) is 5.56 Å². The number of aromatic nitrogens is 2. The van der Waals surface area contributed by atoms with Crippen molar-refractivity contribution >= 4 is 39.5 Å². The Morgan fingerprint density at radius 3 is 2.76 bits per heavy atom. The van der Waals surface area contributed by atoms with Crippen LogP contribution in [0.5, 0.6) is 0 Å². The quantitative estimate of drug-likeness (QED) is 0.654. The summed E-state index contributed by atoms with van der Waals surface area (Å²) in [5.74, 6) is -0.792. The zero-order chi connectivity index (χ0) is 15.7. The second-order valence-corrected chi connectivity index (χ2v) is 6.07. The SMILES string of the molecule is Cc1nc([N+](=O)[O-])c(Sc2ccc(Br)c(C(=O)O)c2)n1C. The number of carboxylic acids is 1. The number of halogens is 1. The minimum Gasteiger partial charge on any atom is -0.478 e. The van der Waals surface area contributed by atoms with E-state index in [1.54, 1.807) is 30.7 Å². The van der Waals surface area contributed by atoms with Crippen molar-refractivity contribution in [3.63, 3.8) is 0 Å². The van der Waals surface area contributed by atoms with Crippen LogP contribution in [0.1, 0.15) is 16.2 Å². The van der Waals surface area contributed by atoms with Gasteiger partial charge < -0.3 is 15.2 Å². The van der Waals surface area contributed by atoms with Gasteiger partial charge in [-0.05, 0) is 44.0 Å². The molecule has 1 heterocycles. The summed E-state index contributed by atoms with van der Waals surface area (Å²) in [6.45, 7) is 1.67. The normalized spacial score (nSPS) is 10.6. The molecule has 0 aliphatic heterocycles. The van der Waals surface area contributed by atoms with E-state index in [9.17, 15) is 14.9 Å². The van der Waals surface area contributed by atoms with Crippen molar-refractivity contribution in [2.45, 2.75) is 16.8 Å². The maximum absolute atomic E-state index is 11.1. The van der Waals surface area contributed by atoms with Gasteiger partial charge in [0.1, 0.15) is 0 Å². The molecule has 9 heteroatoms. The predicted molar refractivity (Wildman–Crippen MR) is 79.8 cm³/mol. The molecule has 110 valence electrons. The minimum atomic E-state index is -1.07. The van der Waals surface area contributed by atoms with Crippen molar-refractivity contribution in [3.05, 3.63) is 44.2 Å². The number of aromatic carboxylic acids is 1. The molecule has 1 N–H and O–H groups in total. The van der Waals surface area contributed by atoms with Crippen LogP contribution < -0.4 is 0 Å². The second kappa shape index (κ2) is 5.86. The van der Waals surface area contributed by atoms with E-state index in [2.05, 4.69) is 20.9 Å². The number of carboxylic acid groups (broad SMARTS) is 1. The van der Waals surface area contributed by atoms with Gasteiger partial charge in [0.25, 0.3) is 0 Å². The molecular formula is C12H10BrN3O4S. The lowest BCUT2D eigenvalue weighted by Crippen LogP contribution is -1.98. The van der Waals surface area contributed by atoms with E-state index in [1.807, 2.05) is 0 Å². The van der Waals surface area contributed by atoms with E-state index >= 15 is 0 Å². The summed E-state index contributed by atoms with van der Waals surface area (Å²) in [6.07, 6.45) is 0. The molecule has 0 saturated carbocycles. The lowest BCUT2D eigenvalue weighted by molar-refractivity contribution is -0.392. The van der Waals surface area contributed by atoms with Crippen LogP contribution in [0.3, 0.4) is 0 Å². The van der Waals surface area contributed by atoms with Gasteiger partial charge in [-0.3, -0.25) is 4.57 Å². The number of nitro groups is 1. The molecule has 21 heavy (non-hydrogen) atoms. The van der Waals surface area contributed by atoms with Gasteiger partial charge in [0.15, 0.2) is 5.03 Å². The molecule has 0 aliphatic rings. The number of aryl methyl sites for hydroxylation is 1. The highest BCUT2D eigenvalue weighted by Gasteiger charge is 2.24. The predicted octanol–water partition coefficient (Wildman–Crippen LogP) is 3.25. The monoisotopic (exact) mass is 371 g/mol. The summed E-state index contributed by atoms with van der Waals surface area (Å²) < 4.78 is 2.06. The van der Waals surface area contributed by atoms with Gasteiger partial charge in [-0.2, -0.15) is 0 Å². The fourth-order valence-corrected chi connectivity index (χ4v) is 3.08. The Balaban J connectivity index is 2.46. The van der Waals surface area contributed by atoms with E-state index in [-0.39, 0.29) is 11.4 Å². The van der Waals surface area contributed by atoms with Crippen LogP contribution in [0.15, 0.2) is 32.6 Å². The Morgan fingerprint density at radius 2 is 2.19 bits per heavy atom. The van der Waals surface area contributed by atoms with Crippen LogP contribution in [0.4, 0.5) is 5.82 Å². The van der Waals surface area contributed by atoms with Crippen molar-refractivity contribution in [1.29, 1.82) is 0 Å². The molecule has 0 aliphatic carbocycles. The van der Waals surface area contributed by atoms with Gasteiger partial charge in [-0.15, -0.1) is 0 Å². The van der Waals surface area contributed by atoms with Crippen LogP contribution in [-0.2, 0) is 7.05 Å². The molecule has 2 aromatic rings. The Kier molecular flexibility index (Phi) is 4.33. The minimum absolute atomic E-state index is 0.0987. The fraction of sp³-hybridized carbons (Fsp3) is 0.167. The van der Waals surface area contributed by atoms with Crippen molar-refractivity contribution in [2.75, 3.05) is 0 Å². The number of hydrogen-bond donors (Lipinski definition) is 1. The van der Waals surface area contributed by atoms with Crippen LogP contribution >= 0.6 is 27.7 Å². The fourth-order valence-electron chi connectivity index (χ4n) is 1.65. The first-order chi connectivity index (χ1) is 9.81. The van der Waals surface area contributed by atoms with Crippen molar-refractivity contribution in [2.24, 2.45) is 7.05 Å². The van der Waals surface area contributed by atoms with Gasteiger partial charge in [0.2, 0.25) is 5.82 Å². The third kappa shape index (κ3) is 3.08. The third-order valence-electron chi connectivity index (χ3n) is 2.80. The van der Waals surface area contributed by atoms with E-state index in [1.165, 1.54) is 6.07 Å². The Bertz CT molecular complexity index is 744. The average Bonchev–Trinajstić information content (AvgIpc) is 2.69. The number of nitrogens with zero attached hydrogens (tertiary/aromatic N) is 3. The molecule has 2 rings (SSSR count). The van der Waals surface area contributed by atoms with Crippen LogP contribution in [0.2, 0.25) is 0 Å². The average molecular weight is 372 g/mol. The molecule has 0 spiro atoms. The first-order valence-corrected chi connectivity index (χ1v) is 7.30. The second-order valence-electron chi connectivity index (χ2n) is 4.15. The summed E-state index contributed by atoms with van der Waals surface area (Å²) in [5.41, 5.74) is 0.0987. The maximum atomic E-state index is 11.1. The number of benzene rings is 1. The molecule has 0 atom stereocenters. The molecule has 1 aromatic carbocycles. The Labute approximate surface area is 132 Å². The zero-order valence-corrected chi connectivity index (χ0v) is 13.4.